The number of aliphatic hydroxyl groups is 3. The van der Waals surface area contributed by atoms with E-state index in [4.69, 9.17) is 4.74 Å². The Morgan fingerprint density at radius 3 is 2.20 bits per heavy atom. The van der Waals surface area contributed by atoms with Crippen LogP contribution in [0.4, 0.5) is 0 Å². The fourth-order valence-corrected chi connectivity index (χ4v) is 8.92. The second kappa shape index (κ2) is 15.7. The van der Waals surface area contributed by atoms with Gasteiger partial charge in [0.05, 0.1) is 12.2 Å². The SMILES string of the molecule is CC(C)=CCCC(C)C1C2=C(C3CC3C(C)CC1O)C(C(O)C1C(C=O)=CCC=C(C)CC(O)C1C(C)CCC=C(C)C)OC2=O. The van der Waals surface area contributed by atoms with E-state index in [1.807, 2.05) is 19.1 Å². The minimum absolute atomic E-state index is 0.0132. The number of aldehydes is 1. The van der Waals surface area contributed by atoms with Gasteiger partial charge in [-0.15, -0.1) is 0 Å². The molecule has 1 fully saturated rings. The molecule has 1 aliphatic heterocycles. The third-order valence-corrected chi connectivity index (χ3v) is 11.4. The van der Waals surface area contributed by atoms with Crippen LogP contribution in [0, 0.1) is 47.3 Å². The predicted octanol–water partition coefficient (Wildman–Crippen LogP) is 7.45. The van der Waals surface area contributed by atoms with Crippen molar-refractivity contribution in [2.75, 3.05) is 0 Å². The van der Waals surface area contributed by atoms with Gasteiger partial charge in [-0.05, 0) is 133 Å². The van der Waals surface area contributed by atoms with Gasteiger partial charge in [-0.25, -0.2) is 4.79 Å². The summed E-state index contributed by atoms with van der Waals surface area (Å²) in [5.74, 6) is -1.22. The molecule has 6 nitrogen and oxygen atoms in total. The van der Waals surface area contributed by atoms with Crippen molar-refractivity contribution in [3.63, 3.8) is 0 Å². The molecule has 0 aromatic heterocycles. The number of fused-ring (bicyclic) bond motifs is 2. The number of rotatable bonds is 11. The monoisotopic (exact) mass is 636 g/mol. The average Bonchev–Trinajstić information content (AvgIpc) is 3.68. The minimum atomic E-state index is -1.20. The quantitative estimate of drug-likeness (QED) is 0.124. The maximum Gasteiger partial charge on any atom is 0.335 e. The molecule has 0 aromatic rings. The molecule has 46 heavy (non-hydrogen) atoms. The molecule has 6 heteroatoms. The molecule has 1 saturated carbocycles. The Bertz CT molecular complexity index is 1260. The third kappa shape index (κ3) is 8.22. The fraction of sp³-hybridized carbons (Fsp3) is 0.700. The summed E-state index contributed by atoms with van der Waals surface area (Å²) in [4.78, 5) is 26.7. The van der Waals surface area contributed by atoms with Gasteiger partial charge in [0.2, 0.25) is 0 Å². The highest BCUT2D eigenvalue weighted by atomic mass is 16.6. The summed E-state index contributed by atoms with van der Waals surface area (Å²) in [6.07, 6.45) is 11.4. The fourth-order valence-electron chi connectivity index (χ4n) is 8.92. The van der Waals surface area contributed by atoms with E-state index in [9.17, 15) is 24.9 Å². The zero-order chi connectivity index (χ0) is 33.9. The molecule has 0 spiro atoms. The number of carbonyl (C=O) groups is 2. The van der Waals surface area contributed by atoms with E-state index in [0.29, 0.717) is 36.3 Å². The van der Waals surface area contributed by atoms with Gasteiger partial charge in [0.15, 0.2) is 6.10 Å². The Morgan fingerprint density at radius 2 is 1.59 bits per heavy atom. The molecule has 12 unspecified atom stereocenters. The topological polar surface area (TPSA) is 104 Å². The molecule has 0 bridgehead atoms. The Labute approximate surface area is 277 Å². The second-order valence-electron chi connectivity index (χ2n) is 15.7. The first kappa shape index (κ1) is 36.6. The summed E-state index contributed by atoms with van der Waals surface area (Å²) in [5, 5.41) is 35.9. The number of carbonyl (C=O) groups excluding carboxylic acids is 2. The second-order valence-corrected chi connectivity index (χ2v) is 15.7. The number of hydrogen-bond acceptors (Lipinski definition) is 6. The molecule has 0 radical (unpaired) electrons. The highest BCUT2D eigenvalue weighted by molar-refractivity contribution is 5.93. The van der Waals surface area contributed by atoms with Crippen LogP contribution in [0.2, 0.25) is 0 Å². The van der Waals surface area contributed by atoms with Crippen LogP contribution in [-0.4, -0.2) is 52.0 Å². The molecule has 0 aromatic carbocycles. The van der Waals surface area contributed by atoms with Crippen molar-refractivity contribution in [2.45, 2.75) is 131 Å². The average molecular weight is 637 g/mol. The molecular formula is C40H60O6. The first-order valence-corrected chi connectivity index (χ1v) is 17.8. The molecule has 256 valence electrons. The lowest BCUT2D eigenvalue weighted by atomic mass is 9.67. The normalized spacial score (nSPS) is 34.8. The van der Waals surface area contributed by atoms with Gasteiger partial charge in [0, 0.05) is 17.4 Å². The van der Waals surface area contributed by atoms with E-state index in [1.54, 1.807) is 0 Å². The number of esters is 1. The van der Waals surface area contributed by atoms with E-state index >= 15 is 0 Å². The Kier molecular flexibility index (Phi) is 12.5. The minimum Gasteiger partial charge on any atom is -0.452 e. The first-order chi connectivity index (χ1) is 21.8. The van der Waals surface area contributed by atoms with Crippen LogP contribution in [0.3, 0.4) is 0 Å². The van der Waals surface area contributed by atoms with Crippen LogP contribution in [0.15, 0.2) is 57.7 Å². The summed E-state index contributed by atoms with van der Waals surface area (Å²) >= 11 is 0. The largest absolute Gasteiger partial charge is 0.452 e. The van der Waals surface area contributed by atoms with Gasteiger partial charge in [0.25, 0.3) is 0 Å². The number of ether oxygens (including phenoxy) is 1. The van der Waals surface area contributed by atoms with E-state index in [0.717, 1.165) is 49.5 Å². The van der Waals surface area contributed by atoms with Crippen LogP contribution in [0.25, 0.3) is 0 Å². The maximum absolute atomic E-state index is 14.0. The molecule has 0 saturated heterocycles. The maximum atomic E-state index is 14.0. The van der Waals surface area contributed by atoms with Crippen LogP contribution in [-0.2, 0) is 14.3 Å². The van der Waals surface area contributed by atoms with Crippen molar-refractivity contribution < 1.29 is 29.6 Å². The van der Waals surface area contributed by atoms with Crippen molar-refractivity contribution in [1.29, 1.82) is 0 Å². The Balaban J connectivity index is 1.79. The van der Waals surface area contributed by atoms with Crippen LogP contribution < -0.4 is 0 Å². The Morgan fingerprint density at radius 1 is 0.957 bits per heavy atom. The van der Waals surface area contributed by atoms with Gasteiger partial charge >= 0.3 is 5.97 Å². The molecular weight excluding hydrogens is 576 g/mol. The molecule has 0 amide bonds. The number of aliphatic hydroxyl groups excluding tert-OH is 3. The van der Waals surface area contributed by atoms with Gasteiger partial charge in [-0.2, -0.15) is 0 Å². The van der Waals surface area contributed by atoms with Gasteiger partial charge in [-0.1, -0.05) is 61.8 Å². The highest BCUT2D eigenvalue weighted by Crippen LogP contribution is 2.58. The summed E-state index contributed by atoms with van der Waals surface area (Å²) in [6, 6.07) is 0. The standard InChI is InChI=1S/C40H60O6/c1-22(2)12-9-15-25(6)33-31(42)18-24(5)14-11-17-28(21-41)35(33)38(44)39-36-30-20-29(30)27(8)19-32(43)34(37(36)40(45)46-39)26(7)16-10-13-23(3)4/h12-14,17,21,25-27,29-35,38-39,42-44H,9-11,15-16,18-20H2,1-8H3. The molecule has 1 heterocycles. The Hall–Kier alpha value is -2.28. The van der Waals surface area contributed by atoms with E-state index in [1.165, 1.54) is 11.1 Å². The van der Waals surface area contributed by atoms with Crippen molar-refractivity contribution in [3.05, 3.63) is 57.7 Å². The molecule has 3 aliphatic carbocycles. The summed E-state index contributed by atoms with van der Waals surface area (Å²) < 4.78 is 6.20. The van der Waals surface area contributed by atoms with Gasteiger partial charge in [-0.3, -0.25) is 4.79 Å². The summed E-state index contributed by atoms with van der Waals surface area (Å²) in [5.41, 5.74) is 5.39. The van der Waals surface area contributed by atoms with Crippen molar-refractivity contribution in [3.8, 4) is 0 Å². The lowest BCUT2D eigenvalue weighted by Crippen LogP contribution is -2.46. The lowest BCUT2D eigenvalue weighted by molar-refractivity contribution is -0.148. The van der Waals surface area contributed by atoms with Crippen LogP contribution >= 0.6 is 0 Å². The van der Waals surface area contributed by atoms with E-state index < -0.39 is 42.2 Å². The third-order valence-electron chi connectivity index (χ3n) is 11.4. The zero-order valence-electron chi connectivity index (χ0n) is 29.5. The molecule has 3 N–H and O–H groups in total. The predicted molar refractivity (Wildman–Crippen MR) is 184 cm³/mol. The van der Waals surface area contributed by atoms with E-state index in [2.05, 4.69) is 60.6 Å². The van der Waals surface area contributed by atoms with Crippen LogP contribution in [0.1, 0.15) is 107 Å². The summed E-state index contributed by atoms with van der Waals surface area (Å²) in [6.45, 7) is 16.7. The van der Waals surface area contributed by atoms with Gasteiger partial charge < -0.3 is 20.1 Å². The zero-order valence-corrected chi connectivity index (χ0v) is 29.5. The highest BCUT2D eigenvalue weighted by Gasteiger charge is 2.58. The van der Waals surface area contributed by atoms with Gasteiger partial charge in [0.1, 0.15) is 12.4 Å². The first-order valence-electron chi connectivity index (χ1n) is 17.8. The number of cyclic esters (lactones) is 1. The van der Waals surface area contributed by atoms with Crippen molar-refractivity contribution in [1.82, 2.24) is 0 Å². The number of allylic oxidation sites excluding steroid dienone is 6. The van der Waals surface area contributed by atoms with Crippen LogP contribution in [0.5, 0.6) is 0 Å². The smallest absolute Gasteiger partial charge is 0.335 e. The molecule has 4 rings (SSSR count). The molecule has 12 atom stereocenters. The number of hydrogen-bond donors (Lipinski definition) is 3. The van der Waals surface area contributed by atoms with Crippen molar-refractivity contribution in [2.24, 2.45) is 47.3 Å². The lowest BCUT2D eigenvalue weighted by Gasteiger charge is -2.40. The van der Waals surface area contributed by atoms with Crippen molar-refractivity contribution >= 4 is 12.3 Å². The summed E-state index contributed by atoms with van der Waals surface area (Å²) in [7, 11) is 0. The van der Waals surface area contributed by atoms with E-state index in [-0.39, 0.29) is 29.6 Å². The molecule has 4 aliphatic rings.